The molecule has 3 N–H and O–H groups in total. The molecule has 138 valence electrons. The lowest BCUT2D eigenvalue weighted by atomic mass is 10.1. The lowest BCUT2D eigenvalue weighted by Crippen LogP contribution is -2.46. The number of carbonyl (C=O) groups excluding carboxylic acids is 2. The molecule has 0 radical (unpaired) electrons. The van der Waals surface area contributed by atoms with Gasteiger partial charge < -0.3 is 11.1 Å². The highest BCUT2D eigenvalue weighted by Gasteiger charge is 2.31. The van der Waals surface area contributed by atoms with E-state index in [1.165, 1.54) is 24.3 Å². The number of primary amides is 1. The molecule has 7 nitrogen and oxygen atoms in total. The molecule has 0 aliphatic heterocycles. The second kappa shape index (κ2) is 8.01. The number of sulfonamides is 1. The Kier molecular flexibility index (Phi) is 5.99. The van der Waals surface area contributed by atoms with Gasteiger partial charge in [0.25, 0.3) is 0 Å². The number of rotatable bonds is 7. The van der Waals surface area contributed by atoms with E-state index in [4.69, 9.17) is 5.73 Å². The van der Waals surface area contributed by atoms with Gasteiger partial charge in [0.15, 0.2) is 0 Å². The summed E-state index contributed by atoms with van der Waals surface area (Å²) >= 11 is 0. The van der Waals surface area contributed by atoms with Gasteiger partial charge in [-0.05, 0) is 42.8 Å². The molecule has 2 aromatic rings. The summed E-state index contributed by atoms with van der Waals surface area (Å²) in [4.78, 5) is 23.8. The first-order valence-electron chi connectivity index (χ1n) is 7.99. The first-order valence-corrected chi connectivity index (χ1v) is 9.84. The SMILES string of the molecule is CC[C@@H](C(=O)Nc1ccc(C(N)=O)cc1)N(c1ccccc1)S(C)(=O)=O. The number of amides is 2. The summed E-state index contributed by atoms with van der Waals surface area (Å²) < 4.78 is 25.7. The minimum atomic E-state index is -3.67. The van der Waals surface area contributed by atoms with E-state index < -0.39 is 27.9 Å². The highest BCUT2D eigenvalue weighted by molar-refractivity contribution is 7.92. The van der Waals surface area contributed by atoms with Crippen molar-refractivity contribution < 1.29 is 18.0 Å². The zero-order valence-corrected chi connectivity index (χ0v) is 15.4. The van der Waals surface area contributed by atoms with E-state index in [0.29, 0.717) is 16.9 Å². The summed E-state index contributed by atoms with van der Waals surface area (Å²) in [5, 5.41) is 2.68. The fourth-order valence-electron chi connectivity index (χ4n) is 2.58. The molecule has 0 bridgehead atoms. The Balaban J connectivity index is 2.29. The molecule has 0 aliphatic rings. The number of anilines is 2. The summed E-state index contributed by atoms with van der Waals surface area (Å²) in [5.41, 5.74) is 6.37. The molecule has 2 aromatic carbocycles. The van der Waals surface area contributed by atoms with Crippen LogP contribution in [0.5, 0.6) is 0 Å². The first kappa shape index (κ1) is 19.5. The predicted octanol–water partition coefficient (Wildman–Crippen LogP) is 1.97. The topological polar surface area (TPSA) is 110 Å². The average molecular weight is 375 g/mol. The van der Waals surface area contributed by atoms with Gasteiger partial charge in [-0.2, -0.15) is 0 Å². The van der Waals surface area contributed by atoms with Crippen molar-refractivity contribution in [2.24, 2.45) is 5.73 Å². The maximum Gasteiger partial charge on any atom is 0.248 e. The molecular formula is C18H21N3O4S. The van der Waals surface area contributed by atoms with Crippen LogP contribution in [0.1, 0.15) is 23.7 Å². The fraction of sp³-hybridized carbons (Fsp3) is 0.222. The second-order valence-corrected chi connectivity index (χ2v) is 7.61. The van der Waals surface area contributed by atoms with Crippen LogP contribution in [0.15, 0.2) is 54.6 Å². The van der Waals surface area contributed by atoms with Crippen molar-refractivity contribution in [3.05, 3.63) is 60.2 Å². The molecule has 0 aromatic heterocycles. The van der Waals surface area contributed by atoms with Crippen molar-refractivity contribution in [1.82, 2.24) is 0 Å². The van der Waals surface area contributed by atoms with Gasteiger partial charge in [0, 0.05) is 11.3 Å². The van der Waals surface area contributed by atoms with E-state index >= 15 is 0 Å². The van der Waals surface area contributed by atoms with E-state index in [0.717, 1.165) is 10.6 Å². The maximum atomic E-state index is 12.7. The molecule has 0 fully saturated rings. The molecule has 0 aliphatic carbocycles. The number of para-hydroxylation sites is 1. The molecule has 1 atom stereocenters. The Morgan fingerprint density at radius 2 is 1.65 bits per heavy atom. The lowest BCUT2D eigenvalue weighted by Gasteiger charge is -2.30. The van der Waals surface area contributed by atoms with Crippen molar-refractivity contribution in [2.75, 3.05) is 15.9 Å². The first-order chi connectivity index (χ1) is 12.2. The van der Waals surface area contributed by atoms with Crippen molar-refractivity contribution in [3.63, 3.8) is 0 Å². The van der Waals surface area contributed by atoms with E-state index in [9.17, 15) is 18.0 Å². The van der Waals surface area contributed by atoms with Gasteiger partial charge >= 0.3 is 0 Å². The molecule has 0 saturated heterocycles. The van der Waals surface area contributed by atoms with E-state index in [-0.39, 0.29) is 6.42 Å². The molecule has 0 unspecified atom stereocenters. The van der Waals surface area contributed by atoms with Gasteiger partial charge in [0.1, 0.15) is 6.04 Å². The van der Waals surface area contributed by atoms with Crippen molar-refractivity contribution in [2.45, 2.75) is 19.4 Å². The van der Waals surface area contributed by atoms with E-state index in [1.807, 2.05) is 0 Å². The summed E-state index contributed by atoms with van der Waals surface area (Å²) in [6, 6.07) is 13.6. The zero-order chi connectivity index (χ0) is 19.3. The highest BCUT2D eigenvalue weighted by atomic mass is 32.2. The van der Waals surface area contributed by atoms with Crippen LogP contribution in [0.4, 0.5) is 11.4 Å². The van der Waals surface area contributed by atoms with Gasteiger partial charge in [-0.3, -0.25) is 13.9 Å². The van der Waals surface area contributed by atoms with Crippen LogP contribution in [0, 0.1) is 0 Å². The van der Waals surface area contributed by atoms with Crippen LogP contribution in [-0.2, 0) is 14.8 Å². The third-order valence-electron chi connectivity index (χ3n) is 3.78. The molecule has 26 heavy (non-hydrogen) atoms. The maximum absolute atomic E-state index is 12.7. The van der Waals surface area contributed by atoms with Crippen molar-refractivity contribution in [3.8, 4) is 0 Å². The quantitative estimate of drug-likeness (QED) is 0.771. The Hall–Kier alpha value is -2.87. The Bertz CT molecular complexity index is 880. The van der Waals surface area contributed by atoms with Crippen molar-refractivity contribution in [1.29, 1.82) is 0 Å². The number of benzene rings is 2. The number of carbonyl (C=O) groups is 2. The summed E-state index contributed by atoms with van der Waals surface area (Å²) in [7, 11) is -3.67. The molecule has 2 amide bonds. The van der Waals surface area contributed by atoms with E-state index in [2.05, 4.69) is 5.32 Å². The predicted molar refractivity (Wildman–Crippen MR) is 101 cm³/mol. The lowest BCUT2D eigenvalue weighted by molar-refractivity contribution is -0.117. The molecular weight excluding hydrogens is 354 g/mol. The molecule has 8 heteroatoms. The summed E-state index contributed by atoms with van der Waals surface area (Å²) in [5.74, 6) is -1.03. The average Bonchev–Trinajstić information content (AvgIpc) is 2.59. The van der Waals surface area contributed by atoms with Gasteiger partial charge in [0.2, 0.25) is 21.8 Å². The molecule has 0 spiro atoms. The fourth-order valence-corrected chi connectivity index (χ4v) is 3.79. The largest absolute Gasteiger partial charge is 0.366 e. The van der Waals surface area contributed by atoms with Crippen LogP contribution in [0.25, 0.3) is 0 Å². The van der Waals surface area contributed by atoms with Gasteiger partial charge in [-0.1, -0.05) is 25.1 Å². The number of hydrogen-bond acceptors (Lipinski definition) is 4. The van der Waals surface area contributed by atoms with Crippen LogP contribution < -0.4 is 15.4 Å². The third-order valence-corrected chi connectivity index (χ3v) is 4.96. The summed E-state index contributed by atoms with van der Waals surface area (Å²) in [6.45, 7) is 1.74. The van der Waals surface area contributed by atoms with Crippen LogP contribution in [-0.4, -0.2) is 32.5 Å². The molecule has 0 heterocycles. The van der Waals surface area contributed by atoms with Crippen LogP contribution in [0.2, 0.25) is 0 Å². The van der Waals surface area contributed by atoms with E-state index in [1.54, 1.807) is 37.3 Å². The Morgan fingerprint density at radius 1 is 1.08 bits per heavy atom. The Labute approximate surface area is 152 Å². The van der Waals surface area contributed by atoms with Crippen LogP contribution >= 0.6 is 0 Å². The van der Waals surface area contributed by atoms with Crippen molar-refractivity contribution >= 4 is 33.2 Å². The number of hydrogen-bond donors (Lipinski definition) is 2. The van der Waals surface area contributed by atoms with Gasteiger partial charge in [0.05, 0.1) is 11.9 Å². The smallest absolute Gasteiger partial charge is 0.248 e. The summed E-state index contributed by atoms with van der Waals surface area (Å²) in [6.07, 6.45) is 1.35. The standard InChI is InChI=1S/C18H21N3O4S/c1-3-16(21(26(2,24)25)15-7-5-4-6-8-15)18(23)20-14-11-9-13(10-12-14)17(19)22/h4-12,16H,3H2,1-2H3,(H2,19,22)(H,20,23)/t16-/m0/s1. The normalized spacial score (nSPS) is 12.2. The molecule has 2 rings (SSSR count). The van der Waals surface area contributed by atoms with Crippen LogP contribution in [0.3, 0.4) is 0 Å². The number of nitrogens with two attached hydrogens (primary N) is 1. The van der Waals surface area contributed by atoms with Gasteiger partial charge in [-0.15, -0.1) is 0 Å². The minimum Gasteiger partial charge on any atom is -0.366 e. The minimum absolute atomic E-state index is 0.285. The van der Waals surface area contributed by atoms with Gasteiger partial charge in [-0.25, -0.2) is 8.42 Å². The number of nitrogens with one attached hydrogen (secondary N) is 1. The zero-order valence-electron chi connectivity index (χ0n) is 14.5. The third kappa shape index (κ3) is 4.60. The molecule has 0 saturated carbocycles. The second-order valence-electron chi connectivity index (χ2n) is 5.75. The highest BCUT2D eigenvalue weighted by Crippen LogP contribution is 2.23. The number of nitrogens with zero attached hydrogens (tertiary/aromatic N) is 1. The Morgan fingerprint density at radius 3 is 2.12 bits per heavy atom. The monoisotopic (exact) mass is 375 g/mol.